The largest absolute Gasteiger partial charge is 0.402 e. The van der Waals surface area contributed by atoms with Crippen molar-refractivity contribution in [3.05, 3.63) is 139 Å². The molecule has 64 heavy (non-hydrogen) atoms. The van der Waals surface area contributed by atoms with Crippen LogP contribution in [-0.2, 0) is 20.0 Å². The van der Waals surface area contributed by atoms with Crippen LogP contribution in [0.25, 0.3) is 16.6 Å². The molecule has 334 valence electrons. The number of nitrogens with two attached hydrogens (primary N) is 1. The number of imidazole rings is 1. The number of aromatic amines is 1. The molecule has 3 aromatic heterocycles. The van der Waals surface area contributed by atoms with Crippen LogP contribution in [0, 0.1) is 25.6 Å². The molecule has 3 N–H and O–H groups in total. The van der Waals surface area contributed by atoms with Crippen molar-refractivity contribution in [2.24, 2.45) is 21.0 Å². The Labute approximate surface area is 374 Å². The van der Waals surface area contributed by atoms with E-state index < -0.39 is 27.0 Å². The number of nitrogens with zero attached hydrogens (tertiary/aromatic N) is 7. The summed E-state index contributed by atoms with van der Waals surface area (Å²) >= 11 is 0.869. The molecule has 6 aromatic rings. The smallest absolute Gasteiger partial charge is 0.338 e. The molecule has 5 heterocycles. The number of aryl methyl sites for hydroxylation is 2. The third-order valence-electron chi connectivity index (χ3n) is 13.4. The quantitative estimate of drug-likeness (QED) is 0.113. The van der Waals surface area contributed by atoms with E-state index in [0.29, 0.717) is 81.5 Å². The first-order valence-electron chi connectivity index (χ1n) is 21.7. The Bertz CT molecular complexity index is 3120. The minimum atomic E-state index is -2.59. The van der Waals surface area contributed by atoms with Gasteiger partial charge in [0, 0.05) is 90.0 Å². The van der Waals surface area contributed by atoms with Crippen molar-refractivity contribution < 1.29 is 18.1 Å². The number of nitrogens with one attached hydrogen (secondary N) is 1. The number of hydrogen-bond donors (Lipinski definition) is 2. The number of rotatable bonds is 9. The van der Waals surface area contributed by atoms with E-state index >= 15 is 4.79 Å². The minimum Gasteiger partial charge on any atom is -0.402 e. The Morgan fingerprint density at radius 3 is 2.38 bits per heavy atom. The van der Waals surface area contributed by atoms with E-state index in [-0.39, 0.29) is 41.3 Å². The highest BCUT2D eigenvalue weighted by Gasteiger charge is 2.58. The van der Waals surface area contributed by atoms with E-state index in [9.17, 15) is 18.2 Å². The average Bonchev–Trinajstić information content (AvgIpc) is 3.62. The Morgan fingerprint density at radius 1 is 1.05 bits per heavy atom. The lowest BCUT2D eigenvalue weighted by atomic mass is 9.91. The van der Waals surface area contributed by atoms with Crippen molar-refractivity contribution in [3.8, 4) is 5.69 Å². The van der Waals surface area contributed by atoms with E-state index in [1.54, 1.807) is 67.5 Å². The van der Waals surface area contributed by atoms with E-state index in [0.717, 1.165) is 35.3 Å². The first kappa shape index (κ1) is 43.3. The van der Waals surface area contributed by atoms with Gasteiger partial charge in [-0.15, -0.1) is 0 Å². The van der Waals surface area contributed by atoms with Gasteiger partial charge in [0.05, 0.1) is 27.1 Å². The fourth-order valence-corrected chi connectivity index (χ4v) is 11.6. The first-order chi connectivity index (χ1) is 30.7. The van der Waals surface area contributed by atoms with E-state index in [1.165, 1.54) is 21.7 Å². The highest BCUT2D eigenvalue weighted by Crippen LogP contribution is 2.56. The number of ether oxygens (including phenoxy) is 1. The number of carbonyl (C=O) groups excluding carboxylic acids is 1. The normalized spacial score (nSPS) is 21.7. The molecule has 9 rings (SSSR count). The number of aromatic nitrogens is 5. The second-order valence-corrected chi connectivity index (χ2v) is 20.6. The van der Waals surface area contributed by atoms with Crippen LogP contribution < -0.4 is 16.3 Å². The highest BCUT2D eigenvalue weighted by atomic mass is 32.2. The molecule has 3 aromatic carbocycles. The van der Waals surface area contributed by atoms with Gasteiger partial charge in [0.25, 0.3) is 5.91 Å². The standard InChI is InChI=1S/C47H52FN9O5S2/c1-7-64(61,50-6)36-11-9-35(10-12-36)55-18-19-56(46(55)60)42(51-34-22-27(2)41(48)28(3)23-34)40-30(5)54(17-14-37(40)49)43(58)39-25-33-24-32(31-15-20-62-21-16-31)8-13-38(33)57(39)47(26-29(47)4)44-52-45(59)63-53-44/h8-13,18-19,22-25,29-31H,7,14-17,20-21,26,49H2,1-6H3,(H,52,53,59)/t29-,30-,47-,64?/m0/s1. The SMILES string of the molecule is CCS(=O)(=NC)c1ccc(-n2ccn(C(=Nc3cc(C)c(F)c(C)c3)C3=C(N)CCN(C(=O)c4cc5cc(C6CCOCC6)ccc5n4[C@@]4(c5nsc(=O)[nH]5)C[C@@H]4C)[C@H]3C)c2=O)cc1. The molecular formula is C47H52FN9O5S2. The molecule has 0 radical (unpaired) electrons. The van der Waals surface area contributed by atoms with Crippen LogP contribution in [0.15, 0.2) is 108 Å². The molecule has 1 amide bonds. The van der Waals surface area contributed by atoms with Crippen molar-refractivity contribution in [1.29, 1.82) is 0 Å². The van der Waals surface area contributed by atoms with Gasteiger partial charge in [0.2, 0.25) is 0 Å². The average molecular weight is 906 g/mol. The summed E-state index contributed by atoms with van der Waals surface area (Å²) in [5, 5.41) is 0.912. The molecular weight excluding hydrogens is 854 g/mol. The van der Waals surface area contributed by atoms with Crippen LogP contribution in [0.5, 0.6) is 0 Å². The van der Waals surface area contributed by atoms with Gasteiger partial charge in [-0.1, -0.05) is 19.9 Å². The maximum Gasteiger partial charge on any atom is 0.338 e. The van der Waals surface area contributed by atoms with E-state index in [4.69, 9.17) is 15.5 Å². The predicted octanol–water partition coefficient (Wildman–Crippen LogP) is 7.37. The molecule has 17 heteroatoms. The van der Waals surface area contributed by atoms with E-state index in [1.807, 2.05) is 19.9 Å². The Morgan fingerprint density at radius 2 is 1.75 bits per heavy atom. The van der Waals surface area contributed by atoms with Gasteiger partial charge >= 0.3 is 10.6 Å². The molecule has 1 saturated heterocycles. The number of amides is 1. The van der Waals surface area contributed by atoms with Gasteiger partial charge in [-0.3, -0.25) is 23.7 Å². The van der Waals surface area contributed by atoms with Gasteiger partial charge < -0.3 is 19.9 Å². The van der Waals surface area contributed by atoms with Crippen LogP contribution in [0.3, 0.4) is 0 Å². The molecule has 1 saturated carbocycles. The summed E-state index contributed by atoms with van der Waals surface area (Å²) in [5.74, 6) is 0.877. The summed E-state index contributed by atoms with van der Waals surface area (Å²) in [6.45, 7) is 10.8. The number of carbonyl (C=O) groups is 1. The molecule has 3 aliphatic rings. The number of H-pyrrole nitrogens is 1. The summed E-state index contributed by atoms with van der Waals surface area (Å²) < 4.78 is 47.6. The molecule has 1 aliphatic carbocycles. The predicted molar refractivity (Wildman–Crippen MR) is 248 cm³/mol. The maximum absolute atomic E-state index is 15.5. The molecule has 0 bridgehead atoms. The van der Waals surface area contributed by atoms with Crippen molar-refractivity contribution in [1.82, 2.24) is 28.0 Å². The number of aliphatic imine (C=N–C) groups is 1. The van der Waals surface area contributed by atoms with Crippen molar-refractivity contribution in [2.45, 2.75) is 82.7 Å². The van der Waals surface area contributed by atoms with Crippen LogP contribution in [-0.4, -0.2) is 82.5 Å². The zero-order valence-corrected chi connectivity index (χ0v) is 38.4. The van der Waals surface area contributed by atoms with Gasteiger partial charge in [0.15, 0.2) is 0 Å². The van der Waals surface area contributed by atoms with Gasteiger partial charge in [-0.2, -0.15) is 4.37 Å². The lowest BCUT2D eigenvalue weighted by Gasteiger charge is -2.37. The Kier molecular flexibility index (Phi) is 11.2. The zero-order chi connectivity index (χ0) is 45.2. The molecule has 2 fully saturated rings. The van der Waals surface area contributed by atoms with Crippen LogP contribution in [0.2, 0.25) is 0 Å². The summed E-state index contributed by atoms with van der Waals surface area (Å²) in [6, 6.07) is 17.8. The molecule has 14 nitrogen and oxygen atoms in total. The summed E-state index contributed by atoms with van der Waals surface area (Å²) in [5.41, 5.74) is 10.9. The van der Waals surface area contributed by atoms with Crippen LogP contribution in [0.1, 0.15) is 85.4 Å². The van der Waals surface area contributed by atoms with E-state index in [2.05, 4.69) is 43.4 Å². The highest BCUT2D eigenvalue weighted by molar-refractivity contribution is 7.93. The summed E-state index contributed by atoms with van der Waals surface area (Å²) in [4.78, 5) is 52.7. The summed E-state index contributed by atoms with van der Waals surface area (Å²) in [7, 11) is -1.05. The van der Waals surface area contributed by atoms with Crippen LogP contribution >= 0.6 is 11.5 Å². The number of hydrogen-bond acceptors (Lipinski definition) is 10. The first-order valence-corrected chi connectivity index (χ1v) is 24.1. The second kappa shape index (κ2) is 16.6. The Balaban J connectivity index is 1.16. The lowest BCUT2D eigenvalue weighted by Crippen LogP contribution is -2.49. The fraction of sp³-hybridized carbons (Fsp3) is 0.383. The monoisotopic (exact) mass is 905 g/mol. The third kappa shape index (κ3) is 7.26. The van der Waals surface area contributed by atoms with Crippen molar-refractivity contribution >= 4 is 49.6 Å². The molecule has 2 aliphatic heterocycles. The lowest BCUT2D eigenvalue weighted by molar-refractivity contribution is 0.0697. The minimum absolute atomic E-state index is 0.0679. The molecule has 0 spiro atoms. The zero-order valence-electron chi connectivity index (χ0n) is 36.8. The topological polar surface area (TPSA) is 175 Å². The molecule has 1 unspecified atom stereocenters. The summed E-state index contributed by atoms with van der Waals surface area (Å²) in [6.07, 6.45) is 6.01. The fourth-order valence-electron chi connectivity index (χ4n) is 9.74. The van der Waals surface area contributed by atoms with Crippen LogP contribution in [0.4, 0.5) is 10.1 Å². The van der Waals surface area contributed by atoms with Crippen molar-refractivity contribution in [3.63, 3.8) is 0 Å². The maximum atomic E-state index is 15.5. The number of halogens is 1. The second-order valence-electron chi connectivity index (χ2n) is 17.2. The third-order valence-corrected chi connectivity index (χ3v) is 16.4. The van der Waals surface area contributed by atoms with Gasteiger partial charge in [0.1, 0.15) is 28.7 Å². The number of benzene rings is 3. The van der Waals surface area contributed by atoms with Crippen molar-refractivity contribution in [2.75, 3.05) is 32.6 Å². The Hall–Kier alpha value is -5.91. The van der Waals surface area contributed by atoms with Gasteiger partial charge in [-0.25, -0.2) is 22.7 Å². The molecule has 4 atom stereocenters. The number of fused-ring (bicyclic) bond motifs is 1. The van der Waals surface area contributed by atoms with Gasteiger partial charge in [-0.05, 0) is 123 Å².